The minimum absolute atomic E-state index is 0.340. The molecule has 0 radical (unpaired) electrons. The molecule has 2 aromatic carbocycles. The molecule has 218 valence electrons. The first-order valence-corrected chi connectivity index (χ1v) is 14.8. The Morgan fingerprint density at radius 2 is 1.79 bits per heavy atom. The number of aromatic nitrogens is 2. The summed E-state index contributed by atoms with van der Waals surface area (Å²) < 4.78 is 11.1. The number of benzene rings is 2. The average molecular weight is 614 g/mol. The number of hydrogen-bond donors (Lipinski definition) is 2. The number of nitrogens with zero attached hydrogens (tertiary/aromatic N) is 4. The summed E-state index contributed by atoms with van der Waals surface area (Å²) in [6.07, 6.45) is 4.00. The van der Waals surface area contributed by atoms with E-state index in [0.717, 1.165) is 38.4 Å². The van der Waals surface area contributed by atoms with Crippen LogP contribution in [-0.2, 0) is 6.54 Å². The number of ether oxygens (including phenoxy) is 2. The van der Waals surface area contributed by atoms with Gasteiger partial charge < -0.3 is 20.1 Å². The Morgan fingerprint density at radius 3 is 2.49 bits per heavy atom. The summed E-state index contributed by atoms with van der Waals surface area (Å²) in [5.41, 5.74) is 4.92. The number of rotatable bonds is 6. The molecule has 1 spiro atoms. The van der Waals surface area contributed by atoms with Gasteiger partial charge in [0.2, 0.25) is 0 Å². The van der Waals surface area contributed by atoms with Crippen LogP contribution in [0.1, 0.15) is 35.4 Å². The Labute approximate surface area is 260 Å². The second-order valence-electron chi connectivity index (χ2n) is 11.0. The third-order valence-corrected chi connectivity index (χ3v) is 8.85. The van der Waals surface area contributed by atoms with Crippen LogP contribution in [0.3, 0.4) is 0 Å². The molecular formula is C33H30Cl2N6O2. The van der Waals surface area contributed by atoms with Crippen molar-refractivity contribution >= 4 is 45.5 Å². The summed E-state index contributed by atoms with van der Waals surface area (Å²) in [5.74, 6) is 7.42. The van der Waals surface area contributed by atoms with Gasteiger partial charge in [-0.05, 0) is 67.6 Å². The van der Waals surface area contributed by atoms with Gasteiger partial charge in [-0.2, -0.15) is 5.26 Å². The van der Waals surface area contributed by atoms with E-state index in [0.29, 0.717) is 66.1 Å². The van der Waals surface area contributed by atoms with Gasteiger partial charge in [0.05, 0.1) is 58.0 Å². The maximum absolute atomic E-state index is 9.85. The van der Waals surface area contributed by atoms with Gasteiger partial charge in [-0.3, -0.25) is 9.88 Å². The van der Waals surface area contributed by atoms with Crippen LogP contribution < -0.4 is 20.1 Å². The number of pyridine rings is 2. The van der Waals surface area contributed by atoms with Crippen molar-refractivity contribution < 1.29 is 9.47 Å². The smallest absolute Gasteiger partial charge is 0.139 e. The predicted molar refractivity (Wildman–Crippen MR) is 169 cm³/mol. The van der Waals surface area contributed by atoms with E-state index in [1.54, 1.807) is 19.2 Å². The molecule has 0 unspecified atom stereocenters. The number of nitrogens with one attached hydrogen (secondary N) is 2. The lowest BCUT2D eigenvalue weighted by atomic mass is 9.73. The van der Waals surface area contributed by atoms with Crippen LogP contribution in [-0.4, -0.2) is 55.3 Å². The maximum Gasteiger partial charge on any atom is 0.139 e. The van der Waals surface area contributed by atoms with E-state index in [9.17, 15) is 5.26 Å². The van der Waals surface area contributed by atoms with Crippen molar-refractivity contribution in [3.63, 3.8) is 0 Å². The number of nitriles is 1. The fourth-order valence-electron chi connectivity index (χ4n) is 5.64. The Morgan fingerprint density at radius 1 is 1.00 bits per heavy atom. The third kappa shape index (κ3) is 6.06. The summed E-state index contributed by atoms with van der Waals surface area (Å²) >= 11 is 12.7. The normalized spacial score (nSPS) is 15.7. The van der Waals surface area contributed by atoms with Crippen LogP contribution in [0.4, 0.5) is 11.4 Å². The molecule has 0 atom stereocenters. The van der Waals surface area contributed by atoms with Crippen molar-refractivity contribution in [2.45, 2.75) is 19.4 Å². The second kappa shape index (κ2) is 12.3. The Hall–Kier alpha value is -4.05. The highest BCUT2D eigenvalue weighted by Crippen LogP contribution is 2.39. The zero-order valence-corrected chi connectivity index (χ0v) is 25.4. The fourth-order valence-corrected chi connectivity index (χ4v) is 6.14. The van der Waals surface area contributed by atoms with E-state index in [4.69, 9.17) is 37.7 Å². The highest BCUT2D eigenvalue weighted by Gasteiger charge is 2.39. The number of halogens is 2. The highest BCUT2D eigenvalue weighted by molar-refractivity contribution is 6.37. The average Bonchev–Trinajstić information content (AvgIpc) is 3.00. The van der Waals surface area contributed by atoms with Crippen LogP contribution in [0.15, 0.2) is 48.7 Å². The van der Waals surface area contributed by atoms with Gasteiger partial charge in [-0.1, -0.05) is 35.2 Å². The summed E-state index contributed by atoms with van der Waals surface area (Å²) in [6.45, 7) is 5.33. The molecule has 2 aliphatic heterocycles. The first-order valence-electron chi connectivity index (χ1n) is 14.0. The maximum atomic E-state index is 9.85. The molecule has 2 aromatic heterocycles. The van der Waals surface area contributed by atoms with Gasteiger partial charge >= 0.3 is 0 Å². The standard InChI is InChI=1S/C33H30Cl2N6O2/c1-42-30-13-25-28(38-17-22(16-36)32(25)40-29-15-31(43-2)27(35)14-26(29)34)12-21(30)6-7-23-4-3-5-24(39-23)18-41-10-8-33(9-11-41)19-37-20-33/h3-5,12-15,17,37H,8-11,18-20H2,1-2H3,(H,38,40). The van der Waals surface area contributed by atoms with E-state index in [1.807, 2.05) is 24.3 Å². The first kappa shape index (κ1) is 29.0. The van der Waals surface area contributed by atoms with Gasteiger partial charge in [0, 0.05) is 37.3 Å². The quantitative estimate of drug-likeness (QED) is 0.250. The van der Waals surface area contributed by atoms with Gasteiger partial charge in [0.15, 0.2) is 0 Å². The molecule has 4 aromatic rings. The third-order valence-electron chi connectivity index (χ3n) is 8.25. The SMILES string of the molecule is COc1cc(Nc2c(C#N)cnc3cc(C#Cc4cccc(CN5CCC6(CC5)CNC6)n4)c(OC)cc23)c(Cl)cc1Cl. The van der Waals surface area contributed by atoms with Gasteiger partial charge in [0.25, 0.3) is 0 Å². The Bertz CT molecular complexity index is 1800. The Kier molecular flexibility index (Phi) is 8.30. The highest BCUT2D eigenvalue weighted by atomic mass is 35.5. The number of anilines is 2. The Balaban J connectivity index is 1.27. The molecule has 10 heteroatoms. The van der Waals surface area contributed by atoms with E-state index in [-0.39, 0.29) is 0 Å². The van der Waals surface area contributed by atoms with Crippen LogP contribution in [0.25, 0.3) is 10.9 Å². The van der Waals surface area contributed by atoms with Gasteiger partial charge in [-0.25, -0.2) is 4.98 Å². The lowest BCUT2D eigenvalue weighted by Crippen LogP contribution is -2.58. The van der Waals surface area contributed by atoms with Gasteiger partial charge in [0.1, 0.15) is 23.3 Å². The summed E-state index contributed by atoms with van der Waals surface area (Å²) in [7, 11) is 3.11. The molecule has 2 saturated heterocycles. The van der Waals surface area contributed by atoms with E-state index in [1.165, 1.54) is 26.1 Å². The van der Waals surface area contributed by atoms with E-state index < -0.39 is 0 Å². The number of likely N-dealkylation sites (tertiary alicyclic amines) is 1. The molecule has 2 N–H and O–H groups in total. The lowest BCUT2D eigenvalue weighted by Gasteiger charge is -2.48. The summed E-state index contributed by atoms with van der Waals surface area (Å²) in [4.78, 5) is 11.8. The lowest BCUT2D eigenvalue weighted by molar-refractivity contribution is 0.0514. The van der Waals surface area contributed by atoms with Crippen molar-refractivity contribution in [1.29, 1.82) is 5.26 Å². The molecule has 2 fully saturated rings. The van der Waals surface area contributed by atoms with Crippen LogP contribution in [0.5, 0.6) is 11.5 Å². The molecule has 8 nitrogen and oxygen atoms in total. The molecule has 0 bridgehead atoms. The zero-order valence-electron chi connectivity index (χ0n) is 23.9. The molecule has 43 heavy (non-hydrogen) atoms. The molecule has 0 saturated carbocycles. The summed E-state index contributed by atoms with van der Waals surface area (Å²) in [6, 6.07) is 15.1. The number of piperidine rings is 1. The number of hydrogen-bond acceptors (Lipinski definition) is 8. The largest absolute Gasteiger partial charge is 0.495 e. The van der Waals surface area contributed by atoms with Crippen molar-refractivity contribution in [2.24, 2.45) is 5.41 Å². The second-order valence-corrected chi connectivity index (χ2v) is 11.8. The molecule has 4 heterocycles. The van der Waals surface area contributed by atoms with E-state index in [2.05, 4.69) is 44.5 Å². The van der Waals surface area contributed by atoms with Crippen LogP contribution >= 0.6 is 23.2 Å². The number of methoxy groups -OCH3 is 2. The van der Waals surface area contributed by atoms with Crippen LogP contribution in [0.2, 0.25) is 10.0 Å². The number of fused-ring (bicyclic) bond motifs is 1. The van der Waals surface area contributed by atoms with Gasteiger partial charge in [-0.15, -0.1) is 0 Å². The van der Waals surface area contributed by atoms with Crippen molar-refractivity contribution in [3.8, 4) is 29.4 Å². The zero-order chi connectivity index (χ0) is 30.0. The molecule has 0 amide bonds. The monoisotopic (exact) mass is 612 g/mol. The molecule has 0 aliphatic carbocycles. The minimum Gasteiger partial charge on any atom is -0.495 e. The van der Waals surface area contributed by atoms with E-state index >= 15 is 0 Å². The molecule has 2 aliphatic rings. The van der Waals surface area contributed by atoms with Crippen LogP contribution in [0, 0.1) is 28.6 Å². The topological polar surface area (TPSA) is 95.3 Å². The first-order chi connectivity index (χ1) is 20.9. The van der Waals surface area contributed by atoms with Crippen molar-refractivity contribution in [1.82, 2.24) is 20.2 Å². The molecular weight excluding hydrogens is 583 g/mol. The molecule has 6 rings (SSSR count). The summed E-state index contributed by atoms with van der Waals surface area (Å²) in [5, 5.41) is 18.0. The van der Waals surface area contributed by atoms with Crippen molar-refractivity contribution in [3.05, 3.63) is 81.2 Å². The predicted octanol–water partition coefficient (Wildman–Crippen LogP) is 6.15. The van der Waals surface area contributed by atoms with Crippen molar-refractivity contribution in [2.75, 3.05) is 45.7 Å². The fraction of sp³-hybridized carbons (Fsp3) is 0.303. The minimum atomic E-state index is 0.340.